The summed E-state index contributed by atoms with van der Waals surface area (Å²) < 4.78 is 6.54. The van der Waals surface area contributed by atoms with Crippen molar-refractivity contribution in [1.29, 1.82) is 0 Å². The Hall–Kier alpha value is -1.74. The van der Waals surface area contributed by atoms with Gasteiger partial charge in [0, 0.05) is 49.3 Å². The number of hydrogen-bond donors (Lipinski definition) is 2. The van der Waals surface area contributed by atoms with E-state index in [-0.39, 0.29) is 29.9 Å². The first-order chi connectivity index (χ1) is 15.1. The highest BCUT2D eigenvalue weighted by Gasteiger charge is 2.65. The second-order valence-electron chi connectivity index (χ2n) is 10.1. The third kappa shape index (κ3) is 3.61. The van der Waals surface area contributed by atoms with Crippen molar-refractivity contribution in [2.45, 2.75) is 75.8 Å². The molecular weight excluding hydrogens is 424 g/mol. The Morgan fingerprint density at radius 3 is 2.59 bits per heavy atom. The summed E-state index contributed by atoms with van der Waals surface area (Å²) in [5.41, 5.74) is 0.963. The first-order valence-electron chi connectivity index (χ1n) is 11.9. The molecule has 176 valence electrons. The minimum absolute atomic E-state index is 0.0619. The van der Waals surface area contributed by atoms with Crippen LogP contribution in [0.4, 0.5) is 11.4 Å². The van der Waals surface area contributed by atoms with Crippen molar-refractivity contribution in [1.82, 2.24) is 0 Å². The van der Waals surface area contributed by atoms with E-state index in [4.69, 9.17) is 4.74 Å². The topological polar surface area (TPSA) is 90.3 Å². The summed E-state index contributed by atoms with van der Waals surface area (Å²) in [6, 6.07) is 5.79. The number of carbonyl (C=O) groups is 2. The monoisotopic (exact) mass is 460 g/mol. The molecule has 0 saturated carbocycles. The van der Waals surface area contributed by atoms with Crippen LogP contribution in [0.5, 0.6) is 0 Å². The molecule has 1 aromatic rings. The summed E-state index contributed by atoms with van der Waals surface area (Å²) in [6.07, 6.45) is 4.60. The number of fused-ring (bicyclic) bond motifs is 2. The lowest BCUT2D eigenvalue weighted by Crippen LogP contribution is -2.45. The predicted octanol–water partition coefficient (Wildman–Crippen LogP) is 3.14. The summed E-state index contributed by atoms with van der Waals surface area (Å²) in [4.78, 5) is 41.1. The molecule has 2 amide bonds. The van der Waals surface area contributed by atoms with Crippen LogP contribution in [0.3, 0.4) is 0 Å². The van der Waals surface area contributed by atoms with Crippen LogP contribution in [-0.2, 0) is 19.9 Å². The van der Waals surface area contributed by atoms with Crippen LogP contribution >= 0.6 is 0 Å². The molecule has 7 nitrogen and oxygen atoms in total. The van der Waals surface area contributed by atoms with E-state index in [0.717, 1.165) is 42.6 Å². The van der Waals surface area contributed by atoms with Crippen molar-refractivity contribution >= 4 is 31.5 Å². The van der Waals surface area contributed by atoms with Gasteiger partial charge in [-0.25, -0.2) is 0 Å². The zero-order chi connectivity index (χ0) is 23.3. The van der Waals surface area contributed by atoms with Crippen LogP contribution in [0.1, 0.15) is 51.0 Å². The molecular formula is C24H36N2O5Si. The van der Waals surface area contributed by atoms with Gasteiger partial charge in [0.15, 0.2) is 13.9 Å². The molecule has 2 fully saturated rings. The van der Waals surface area contributed by atoms with Gasteiger partial charge in [0.1, 0.15) is 0 Å². The average Bonchev–Trinajstić information content (AvgIpc) is 3.13. The van der Waals surface area contributed by atoms with Crippen molar-refractivity contribution in [3.05, 3.63) is 23.8 Å². The minimum atomic E-state index is -2.69. The molecule has 3 aliphatic rings. The van der Waals surface area contributed by atoms with Crippen molar-refractivity contribution in [2.24, 2.45) is 5.92 Å². The molecule has 0 unspecified atom stereocenters. The van der Waals surface area contributed by atoms with Gasteiger partial charge >= 0.3 is 0 Å². The van der Waals surface area contributed by atoms with Gasteiger partial charge in [0.25, 0.3) is 5.91 Å². The van der Waals surface area contributed by atoms with Gasteiger partial charge in [-0.1, -0.05) is 19.8 Å². The number of hydrogen-bond acceptors (Lipinski definition) is 5. The van der Waals surface area contributed by atoms with Gasteiger partial charge in [-0.15, -0.1) is 0 Å². The van der Waals surface area contributed by atoms with Crippen LogP contribution in [0.25, 0.3) is 0 Å². The number of rotatable bonds is 4. The smallest absolute Gasteiger partial charge is 0.264 e. The first kappa shape index (κ1) is 23.4. The van der Waals surface area contributed by atoms with Crippen LogP contribution in [0.15, 0.2) is 18.2 Å². The first-order valence-corrected chi connectivity index (χ1v) is 14.9. The predicted molar refractivity (Wildman–Crippen MR) is 126 cm³/mol. The van der Waals surface area contributed by atoms with Crippen LogP contribution in [0, 0.1) is 5.92 Å². The van der Waals surface area contributed by atoms with E-state index < -0.39 is 20.0 Å². The molecule has 4 rings (SSSR count). The Labute approximate surface area is 191 Å². The molecule has 2 saturated heterocycles. The van der Waals surface area contributed by atoms with Gasteiger partial charge in [0.2, 0.25) is 5.91 Å². The maximum Gasteiger partial charge on any atom is 0.264 e. The zero-order valence-electron chi connectivity index (χ0n) is 19.6. The van der Waals surface area contributed by atoms with Crippen molar-refractivity contribution < 1.29 is 24.2 Å². The second-order valence-corrected chi connectivity index (χ2v) is 14.1. The fourth-order valence-electron chi connectivity index (χ4n) is 6.17. The molecule has 0 aromatic heterocycles. The second kappa shape index (κ2) is 8.55. The molecule has 3 heterocycles. The van der Waals surface area contributed by atoms with E-state index in [9.17, 15) is 19.5 Å². The number of aliphatic hydroxyl groups excluding tert-OH is 1. The van der Waals surface area contributed by atoms with E-state index in [1.807, 2.05) is 43.1 Å². The van der Waals surface area contributed by atoms with Gasteiger partial charge in [-0.05, 0) is 50.6 Å². The van der Waals surface area contributed by atoms with Gasteiger partial charge < -0.3 is 24.4 Å². The largest absolute Gasteiger partial charge is 0.432 e. The van der Waals surface area contributed by atoms with E-state index >= 15 is 0 Å². The third-order valence-corrected chi connectivity index (χ3v) is 10.1. The number of benzene rings is 1. The summed E-state index contributed by atoms with van der Waals surface area (Å²) in [6.45, 7) is 6.35. The number of ether oxygens (including phenoxy) is 1. The number of anilines is 2. The molecule has 8 heteroatoms. The molecule has 0 aliphatic carbocycles. The molecule has 2 N–H and O–H groups in total. The number of amides is 2. The average molecular weight is 461 g/mol. The highest BCUT2D eigenvalue weighted by atomic mass is 28.4. The quantitative estimate of drug-likeness (QED) is 0.674. The molecule has 4 atom stereocenters. The Balaban J connectivity index is 1.80. The van der Waals surface area contributed by atoms with Crippen molar-refractivity contribution in [2.75, 3.05) is 30.0 Å². The molecule has 32 heavy (non-hydrogen) atoms. The highest BCUT2D eigenvalue weighted by molar-refractivity contribution is 6.71. The van der Waals surface area contributed by atoms with E-state index in [0.29, 0.717) is 19.4 Å². The Morgan fingerprint density at radius 1 is 1.19 bits per heavy atom. The lowest BCUT2D eigenvalue weighted by Gasteiger charge is -2.32. The Kier molecular flexibility index (Phi) is 6.26. The highest BCUT2D eigenvalue weighted by Crippen LogP contribution is 2.59. The van der Waals surface area contributed by atoms with Gasteiger partial charge in [-0.3, -0.25) is 9.59 Å². The van der Waals surface area contributed by atoms with Crippen LogP contribution in [0.2, 0.25) is 18.6 Å². The molecule has 0 bridgehead atoms. The molecule has 1 aromatic carbocycles. The van der Waals surface area contributed by atoms with E-state index in [2.05, 4.69) is 0 Å². The fourth-order valence-corrected chi connectivity index (χ4v) is 8.77. The number of aliphatic hydroxyl groups is 1. The van der Waals surface area contributed by atoms with Crippen LogP contribution in [-0.4, -0.2) is 56.3 Å². The third-order valence-electron chi connectivity index (χ3n) is 7.65. The number of carbonyl (C=O) groups excluding carboxylic acids is 2. The number of nitrogens with zero attached hydrogens (tertiary/aromatic N) is 2. The van der Waals surface area contributed by atoms with Crippen molar-refractivity contribution in [3.63, 3.8) is 0 Å². The fraction of sp³-hybridized carbons (Fsp3) is 0.667. The maximum absolute atomic E-state index is 13.7. The Bertz CT molecular complexity index is 901. The summed E-state index contributed by atoms with van der Waals surface area (Å²) in [7, 11) is -0.942. The van der Waals surface area contributed by atoms with Gasteiger partial charge in [-0.2, -0.15) is 0 Å². The molecule has 1 spiro atoms. The molecule has 3 aliphatic heterocycles. The van der Waals surface area contributed by atoms with Crippen molar-refractivity contribution in [3.8, 4) is 0 Å². The minimum Gasteiger partial charge on any atom is -0.432 e. The number of likely N-dealkylation sites (N-methyl/N-ethyl adjacent to an activating group) is 1. The SMILES string of the molecule is C[C@@H]1[C@@H]([Si](C)(C)O)[C@H](CCO)O[C@@]12C(=O)N(C)c1ccc(N3CCCCCCC3=O)cc12. The summed E-state index contributed by atoms with van der Waals surface area (Å²) in [5.74, 6) is -0.267. The Morgan fingerprint density at radius 2 is 1.91 bits per heavy atom. The summed E-state index contributed by atoms with van der Waals surface area (Å²) >= 11 is 0. The maximum atomic E-state index is 13.7. The lowest BCUT2D eigenvalue weighted by atomic mass is 9.82. The van der Waals surface area contributed by atoms with E-state index in [1.54, 1.807) is 11.9 Å². The zero-order valence-corrected chi connectivity index (χ0v) is 20.6. The van der Waals surface area contributed by atoms with E-state index in [1.165, 1.54) is 0 Å². The normalized spacial score (nSPS) is 31.2. The molecule has 0 radical (unpaired) electrons. The van der Waals surface area contributed by atoms with Gasteiger partial charge in [0.05, 0.1) is 11.8 Å². The lowest BCUT2D eigenvalue weighted by molar-refractivity contribution is -0.146. The standard InChI is InChI=1S/C24H36N2O5Si/c1-16-22(32(3,4)30)20(12-14-27)31-24(16)18-15-17(10-11-19(18)25(2)23(24)29)26-13-8-6-5-7-9-21(26)28/h10-11,15-16,20,22,27,30H,5-9,12-14H2,1-4H3/t16-,20+,22-,24+/m1/s1. The summed E-state index contributed by atoms with van der Waals surface area (Å²) in [5, 5.41) is 9.65. The van der Waals surface area contributed by atoms with Crippen LogP contribution < -0.4 is 9.80 Å².